The van der Waals surface area contributed by atoms with Crippen LogP contribution in [0.25, 0.3) is 0 Å². The first kappa shape index (κ1) is 10.2. The second kappa shape index (κ2) is 4.03. The van der Waals surface area contributed by atoms with E-state index in [0.717, 1.165) is 6.42 Å². The minimum absolute atomic E-state index is 0.0626. The number of carbonyl (C=O) groups is 1. The van der Waals surface area contributed by atoms with Crippen LogP contribution in [0.5, 0.6) is 0 Å². The normalized spacial score (nSPS) is 26.0. The fraction of sp³-hybridized carbons (Fsp3) is 0.417. The summed E-state index contributed by atoms with van der Waals surface area (Å²) in [6.45, 7) is 2.00. The van der Waals surface area contributed by atoms with Crippen LogP contribution in [0.2, 0.25) is 0 Å². The fourth-order valence-corrected chi connectivity index (χ4v) is 1.91. The van der Waals surface area contributed by atoms with E-state index in [1.807, 2.05) is 32.2 Å². The number of nitrogens with one attached hydrogen (secondary N) is 1. The number of nitrogens with zero attached hydrogens (tertiary/aromatic N) is 1. The van der Waals surface area contributed by atoms with Crippen molar-refractivity contribution in [3.63, 3.8) is 0 Å². The molecule has 0 bridgehead atoms. The molecule has 3 heteroatoms. The van der Waals surface area contributed by atoms with Crippen LogP contribution in [0.3, 0.4) is 0 Å². The Morgan fingerprint density at radius 2 is 2.00 bits per heavy atom. The molecule has 0 aromatic heterocycles. The quantitative estimate of drug-likeness (QED) is 0.779. The molecule has 15 heavy (non-hydrogen) atoms. The number of likely N-dealkylation sites (N-methyl/N-ethyl adjacent to an activating group) is 1. The Balaban J connectivity index is 2.05. The van der Waals surface area contributed by atoms with Crippen LogP contribution in [0.4, 0.5) is 0 Å². The van der Waals surface area contributed by atoms with Crippen molar-refractivity contribution in [1.29, 1.82) is 0 Å². The highest BCUT2D eigenvalue weighted by Crippen LogP contribution is 2.12. The summed E-state index contributed by atoms with van der Waals surface area (Å²) in [4.78, 5) is 13.5. The summed E-state index contributed by atoms with van der Waals surface area (Å²) in [7, 11) is 1.84. The summed E-state index contributed by atoms with van der Waals surface area (Å²) in [5.74, 6) is 0.186. The lowest BCUT2D eigenvalue weighted by molar-refractivity contribution is -0.128. The molecule has 1 aliphatic rings. The molecule has 1 heterocycles. The van der Waals surface area contributed by atoms with Gasteiger partial charge in [-0.15, -0.1) is 0 Å². The van der Waals surface area contributed by atoms with Crippen molar-refractivity contribution >= 4 is 5.91 Å². The Morgan fingerprint density at radius 1 is 1.33 bits per heavy atom. The van der Waals surface area contributed by atoms with Gasteiger partial charge in [0.2, 0.25) is 5.91 Å². The van der Waals surface area contributed by atoms with Gasteiger partial charge in [0.15, 0.2) is 0 Å². The van der Waals surface area contributed by atoms with Crippen LogP contribution in [0, 0.1) is 0 Å². The largest absolute Gasteiger partial charge is 0.329 e. The van der Waals surface area contributed by atoms with Gasteiger partial charge in [0.25, 0.3) is 0 Å². The van der Waals surface area contributed by atoms with E-state index in [1.54, 1.807) is 4.90 Å². The molecule has 0 unspecified atom stereocenters. The van der Waals surface area contributed by atoms with Crippen LogP contribution in [-0.2, 0) is 11.2 Å². The molecule has 3 nitrogen and oxygen atoms in total. The molecule has 1 aromatic rings. The number of benzene rings is 1. The number of hydrogen-bond acceptors (Lipinski definition) is 2. The van der Waals surface area contributed by atoms with Gasteiger partial charge in [-0.3, -0.25) is 10.1 Å². The maximum atomic E-state index is 11.8. The molecule has 0 aliphatic carbocycles. The zero-order chi connectivity index (χ0) is 10.8. The first-order valence-electron chi connectivity index (χ1n) is 5.25. The zero-order valence-corrected chi connectivity index (χ0v) is 9.10. The average molecular weight is 204 g/mol. The van der Waals surface area contributed by atoms with Gasteiger partial charge < -0.3 is 4.90 Å². The van der Waals surface area contributed by atoms with Gasteiger partial charge in [-0.1, -0.05) is 30.3 Å². The molecule has 0 spiro atoms. The van der Waals surface area contributed by atoms with Gasteiger partial charge in [0.05, 0.1) is 12.2 Å². The SMILES string of the molecule is C[C@H]1N[C@@H](Cc2ccccc2)C(=O)N1C. The van der Waals surface area contributed by atoms with Crippen molar-refractivity contribution in [3.05, 3.63) is 35.9 Å². The Hall–Kier alpha value is -1.35. The summed E-state index contributed by atoms with van der Waals surface area (Å²) in [6, 6.07) is 10.0. The van der Waals surface area contributed by atoms with Crippen molar-refractivity contribution in [2.24, 2.45) is 0 Å². The molecule has 80 valence electrons. The monoisotopic (exact) mass is 204 g/mol. The molecule has 0 radical (unpaired) electrons. The molecule has 1 saturated heterocycles. The van der Waals surface area contributed by atoms with E-state index in [0.29, 0.717) is 0 Å². The van der Waals surface area contributed by atoms with Gasteiger partial charge in [-0.2, -0.15) is 0 Å². The summed E-state index contributed by atoms with van der Waals surface area (Å²) in [6.07, 6.45) is 0.917. The summed E-state index contributed by atoms with van der Waals surface area (Å²) < 4.78 is 0. The molecule has 0 saturated carbocycles. The minimum atomic E-state index is -0.0626. The summed E-state index contributed by atoms with van der Waals surface area (Å²) in [5, 5.41) is 3.28. The Bertz CT molecular complexity index is 350. The van der Waals surface area contributed by atoms with Gasteiger partial charge in [-0.05, 0) is 18.9 Å². The molecule has 1 amide bonds. The van der Waals surface area contributed by atoms with E-state index in [1.165, 1.54) is 5.56 Å². The van der Waals surface area contributed by atoms with Gasteiger partial charge in [-0.25, -0.2) is 0 Å². The van der Waals surface area contributed by atoms with Crippen molar-refractivity contribution in [3.8, 4) is 0 Å². The predicted octanol–water partition coefficient (Wildman–Crippen LogP) is 1.01. The number of rotatable bonds is 2. The lowest BCUT2D eigenvalue weighted by Crippen LogP contribution is -2.32. The minimum Gasteiger partial charge on any atom is -0.329 e. The molecule has 2 atom stereocenters. The topological polar surface area (TPSA) is 32.3 Å². The third kappa shape index (κ3) is 2.02. The van der Waals surface area contributed by atoms with Crippen molar-refractivity contribution < 1.29 is 4.79 Å². The second-order valence-corrected chi connectivity index (χ2v) is 4.03. The maximum absolute atomic E-state index is 11.8. The van der Waals surface area contributed by atoms with Crippen LogP contribution < -0.4 is 5.32 Å². The highest BCUT2D eigenvalue weighted by atomic mass is 16.2. The lowest BCUT2D eigenvalue weighted by Gasteiger charge is -2.12. The summed E-state index contributed by atoms with van der Waals surface area (Å²) in [5.41, 5.74) is 1.20. The Morgan fingerprint density at radius 3 is 2.53 bits per heavy atom. The number of carbonyl (C=O) groups excluding carboxylic acids is 1. The van der Waals surface area contributed by atoms with Crippen LogP contribution in [-0.4, -0.2) is 30.1 Å². The maximum Gasteiger partial charge on any atom is 0.241 e. The van der Waals surface area contributed by atoms with E-state index in [4.69, 9.17) is 0 Å². The van der Waals surface area contributed by atoms with Crippen LogP contribution in [0.1, 0.15) is 12.5 Å². The Labute approximate surface area is 90.1 Å². The van der Waals surface area contributed by atoms with Crippen LogP contribution in [0.15, 0.2) is 30.3 Å². The number of hydrogen-bond donors (Lipinski definition) is 1. The zero-order valence-electron chi connectivity index (χ0n) is 9.10. The third-order valence-electron chi connectivity index (χ3n) is 2.95. The standard InChI is InChI=1S/C12H16N2O/c1-9-13-11(12(15)14(9)2)8-10-6-4-3-5-7-10/h3-7,9,11,13H,8H2,1-2H3/t9-,11-/m0/s1. The molecular weight excluding hydrogens is 188 g/mol. The van der Waals surface area contributed by atoms with E-state index in [2.05, 4.69) is 17.4 Å². The highest BCUT2D eigenvalue weighted by Gasteiger charge is 2.33. The van der Waals surface area contributed by atoms with Gasteiger partial charge in [0, 0.05) is 7.05 Å². The molecule has 1 aliphatic heterocycles. The van der Waals surface area contributed by atoms with Gasteiger partial charge in [0.1, 0.15) is 0 Å². The van der Waals surface area contributed by atoms with E-state index >= 15 is 0 Å². The molecule has 2 rings (SSSR count). The number of amides is 1. The second-order valence-electron chi connectivity index (χ2n) is 4.03. The van der Waals surface area contributed by atoms with Crippen molar-refractivity contribution in [1.82, 2.24) is 10.2 Å². The first-order chi connectivity index (χ1) is 7.18. The van der Waals surface area contributed by atoms with Gasteiger partial charge >= 0.3 is 0 Å². The molecule has 1 aromatic carbocycles. The van der Waals surface area contributed by atoms with E-state index < -0.39 is 0 Å². The average Bonchev–Trinajstić information content (AvgIpc) is 2.48. The van der Waals surface area contributed by atoms with Crippen molar-refractivity contribution in [2.45, 2.75) is 25.6 Å². The Kier molecular flexibility index (Phi) is 2.73. The smallest absolute Gasteiger partial charge is 0.241 e. The molecule has 1 fully saturated rings. The van der Waals surface area contributed by atoms with Crippen molar-refractivity contribution in [2.75, 3.05) is 7.05 Å². The van der Waals surface area contributed by atoms with Crippen LogP contribution >= 0.6 is 0 Å². The molecular formula is C12H16N2O. The fourth-order valence-electron chi connectivity index (χ4n) is 1.91. The summed E-state index contributed by atoms with van der Waals surface area (Å²) >= 11 is 0. The molecule has 1 N–H and O–H groups in total. The highest BCUT2D eigenvalue weighted by molar-refractivity contribution is 5.84. The predicted molar refractivity (Wildman–Crippen MR) is 59.3 cm³/mol. The third-order valence-corrected chi connectivity index (χ3v) is 2.95. The lowest BCUT2D eigenvalue weighted by atomic mass is 10.1. The first-order valence-corrected chi connectivity index (χ1v) is 5.25. The van der Waals surface area contributed by atoms with E-state index in [-0.39, 0.29) is 18.1 Å². The van der Waals surface area contributed by atoms with E-state index in [9.17, 15) is 4.79 Å².